The molecule has 0 saturated heterocycles. The lowest BCUT2D eigenvalue weighted by atomic mass is 10.0. The smallest absolute Gasteiger partial charge is 0.168 e. The normalized spacial score (nSPS) is 11.0. The fourth-order valence-electron chi connectivity index (χ4n) is 2.82. The van der Waals surface area contributed by atoms with Gasteiger partial charge in [-0.15, -0.1) is 5.10 Å². The number of anilines is 1. The van der Waals surface area contributed by atoms with Crippen LogP contribution in [0.5, 0.6) is 0 Å². The first-order chi connectivity index (χ1) is 10.9. The Kier molecular flexibility index (Phi) is 12.8. The van der Waals surface area contributed by atoms with Crippen LogP contribution >= 0.6 is 0 Å². The molecule has 0 atom stereocenters. The maximum atomic E-state index is 3.97. The van der Waals surface area contributed by atoms with Gasteiger partial charge in [0.1, 0.15) is 0 Å². The van der Waals surface area contributed by atoms with Gasteiger partial charge >= 0.3 is 0 Å². The van der Waals surface area contributed by atoms with Gasteiger partial charge in [-0.2, -0.15) is 10.3 Å². The monoisotopic (exact) mass is 308 g/mol. The van der Waals surface area contributed by atoms with Gasteiger partial charge < -0.3 is 5.32 Å². The van der Waals surface area contributed by atoms with E-state index in [-0.39, 0.29) is 0 Å². The summed E-state index contributed by atoms with van der Waals surface area (Å²) in [5.41, 5.74) is 0. The van der Waals surface area contributed by atoms with Gasteiger partial charge in [0.2, 0.25) is 0 Å². The molecule has 1 aromatic rings. The van der Waals surface area contributed by atoms with Crippen molar-refractivity contribution in [1.29, 1.82) is 0 Å². The van der Waals surface area contributed by atoms with Crippen LogP contribution in [0.3, 0.4) is 0 Å². The largest absolute Gasteiger partial charge is 0.367 e. The van der Waals surface area contributed by atoms with Crippen LogP contribution in [0.25, 0.3) is 0 Å². The minimum absolute atomic E-state index is 0.856. The molecule has 1 rings (SSSR count). The summed E-state index contributed by atoms with van der Waals surface area (Å²) >= 11 is 0. The number of aromatic amines is 1. The first kappa shape index (κ1) is 19.0. The molecule has 0 aliphatic heterocycles. The van der Waals surface area contributed by atoms with Gasteiger partial charge in [0.25, 0.3) is 0 Å². The Balaban J connectivity index is 1.68. The summed E-state index contributed by atoms with van der Waals surface area (Å²) in [6.07, 6.45) is 21.4. The molecule has 0 fully saturated rings. The van der Waals surface area contributed by atoms with Crippen LogP contribution in [0, 0.1) is 0 Å². The highest BCUT2D eigenvalue weighted by atomic mass is 15.3. The molecular formula is C18H36N4. The summed E-state index contributed by atoms with van der Waals surface area (Å²) in [5, 5.41) is 13.6. The van der Waals surface area contributed by atoms with Gasteiger partial charge in [-0.25, -0.2) is 0 Å². The Morgan fingerprint density at radius 2 is 1.27 bits per heavy atom. The van der Waals surface area contributed by atoms with Crippen molar-refractivity contribution < 1.29 is 0 Å². The van der Waals surface area contributed by atoms with E-state index in [1.54, 1.807) is 6.20 Å². The predicted molar refractivity (Wildman–Crippen MR) is 95.2 cm³/mol. The number of unbranched alkanes of at least 4 members (excludes halogenated alkanes) is 13. The summed E-state index contributed by atoms with van der Waals surface area (Å²) in [4.78, 5) is 0. The van der Waals surface area contributed by atoms with Crippen molar-refractivity contribution in [2.24, 2.45) is 0 Å². The molecule has 2 N–H and O–H groups in total. The lowest BCUT2D eigenvalue weighted by Crippen LogP contribution is -2.01. The molecule has 4 heteroatoms. The standard InChI is InChI=1S/C18H36N4/c1-2-3-4-5-6-7-8-9-10-11-12-13-14-15-16-19-18-17-20-22-21-18/h17H,2-16H2,1H3,(H2,19,20,21,22). The van der Waals surface area contributed by atoms with Crippen molar-refractivity contribution in [3.05, 3.63) is 6.20 Å². The van der Waals surface area contributed by atoms with E-state index < -0.39 is 0 Å². The average Bonchev–Trinajstić information content (AvgIpc) is 3.04. The Hall–Kier alpha value is -1.06. The highest BCUT2D eigenvalue weighted by Crippen LogP contribution is 2.12. The molecule has 0 saturated carbocycles. The van der Waals surface area contributed by atoms with E-state index in [1.807, 2.05) is 0 Å². The minimum Gasteiger partial charge on any atom is -0.367 e. The van der Waals surface area contributed by atoms with Gasteiger partial charge in [0.05, 0.1) is 6.20 Å². The summed E-state index contributed by atoms with van der Waals surface area (Å²) in [5.74, 6) is 0.856. The molecule has 0 aromatic carbocycles. The molecule has 1 heterocycles. The van der Waals surface area contributed by atoms with E-state index in [2.05, 4.69) is 27.7 Å². The lowest BCUT2D eigenvalue weighted by molar-refractivity contribution is 0.537. The van der Waals surface area contributed by atoms with Crippen molar-refractivity contribution in [1.82, 2.24) is 15.4 Å². The predicted octanol–water partition coefficient (Wildman–Crippen LogP) is 5.70. The highest BCUT2D eigenvalue weighted by molar-refractivity contribution is 5.27. The maximum absolute atomic E-state index is 3.97. The van der Waals surface area contributed by atoms with Crippen LogP contribution in [0.2, 0.25) is 0 Å². The molecule has 1 aromatic heterocycles. The van der Waals surface area contributed by atoms with E-state index in [0.717, 1.165) is 12.4 Å². The number of hydrogen-bond donors (Lipinski definition) is 2. The highest BCUT2D eigenvalue weighted by Gasteiger charge is 1.95. The number of H-pyrrole nitrogens is 1. The molecule has 128 valence electrons. The third-order valence-corrected chi connectivity index (χ3v) is 4.25. The average molecular weight is 309 g/mol. The van der Waals surface area contributed by atoms with Gasteiger partial charge in [0, 0.05) is 6.54 Å². The number of hydrogen-bond acceptors (Lipinski definition) is 3. The van der Waals surface area contributed by atoms with E-state index in [1.165, 1.54) is 89.9 Å². The fraction of sp³-hybridized carbons (Fsp3) is 0.889. The van der Waals surface area contributed by atoms with Gasteiger partial charge in [0.15, 0.2) is 5.82 Å². The summed E-state index contributed by atoms with van der Waals surface area (Å²) in [6, 6.07) is 0. The van der Waals surface area contributed by atoms with Crippen LogP contribution < -0.4 is 5.32 Å². The molecule has 22 heavy (non-hydrogen) atoms. The molecule has 0 unspecified atom stereocenters. The maximum Gasteiger partial charge on any atom is 0.168 e. The third kappa shape index (κ3) is 11.6. The Labute approximate surface area is 136 Å². The van der Waals surface area contributed by atoms with Crippen LogP contribution in [-0.4, -0.2) is 22.0 Å². The van der Waals surface area contributed by atoms with E-state index in [4.69, 9.17) is 0 Å². The van der Waals surface area contributed by atoms with Crippen LogP contribution in [-0.2, 0) is 0 Å². The van der Waals surface area contributed by atoms with Crippen molar-refractivity contribution in [2.45, 2.75) is 96.8 Å². The summed E-state index contributed by atoms with van der Waals surface area (Å²) in [6.45, 7) is 3.29. The van der Waals surface area contributed by atoms with Gasteiger partial charge in [-0.3, -0.25) is 0 Å². The van der Waals surface area contributed by atoms with Crippen molar-refractivity contribution in [2.75, 3.05) is 11.9 Å². The number of nitrogens with one attached hydrogen (secondary N) is 2. The van der Waals surface area contributed by atoms with Crippen LogP contribution in [0.1, 0.15) is 96.8 Å². The zero-order valence-corrected chi connectivity index (χ0v) is 14.6. The summed E-state index contributed by atoms with van der Waals surface area (Å²) in [7, 11) is 0. The molecule has 0 spiro atoms. The topological polar surface area (TPSA) is 53.6 Å². The minimum atomic E-state index is 0.856. The zero-order chi connectivity index (χ0) is 15.7. The fourth-order valence-corrected chi connectivity index (χ4v) is 2.82. The van der Waals surface area contributed by atoms with Gasteiger partial charge in [-0.1, -0.05) is 90.4 Å². The van der Waals surface area contributed by atoms with Crippen molar-refractivity contribution in [3.8, 4) is 0 Å². The quantitative estimate of drug-likeness (QED) is 0.385. The third-order valence-electron chi connectivity index (χ3n) is 4.25. The molecule has 0 aliphatic carbocycles. The second-order valence-corrected chi connectivity index (χ2v) is 6.38. The summed E-state index contributed by atoms with van der Waals surface area (Å²) < 4.78 is 0. The molecule has 0 radical (unpaired) electrons. The Morgan fingerprint density at radius 3 is 1.73 bits per heavy atom. The number of nitrogens with zero attached hydrogens (tertiary/aromatic N) is 2. The second kappa shape index (κ2) is 14.9. The Morgan fingerprint density at radius 1 is 0.773 bits per heavy atom. The zero-order valence-electron chi connectivity index (χ0n) is 14.6. The lowest BCUT2D eigenvalue weighted by Gasteiger charge is -2.04. The van der Waals surface area contributed by atoms with Crippen molar-refractivity contribution >= 4 is 5.82 Å². The van der Waals surface area contributed by atoms with E-state index >= 15 is 0 Å². The molecule has 0 aliphatic rings. The second-order valence-electron chi connectivity index (χ2n) is 6.38. The van der Waals surface area contributed by atoms with Crippen LogP contribution in [0.4, 0.5) is 5.82 Å². The van der Waals surface area contributed by atoms with Crippen molar-refractivity contribution in [3.63, 3.8) is 0 Å². The first-order valence-electron chi connectivity index (χ1n) is 9.53. The number of aromatic nitrogens is 3. The van der Waals surface area contributed by atoms with E-state index in [0.29, 0.717) is 0 Å². The first-order valence-corrected chi connectivity index (χ1v) is 9.53. The Bertz CT molecular complexity index is 311. The molecule has 0 bridgehead atoms. The molecule has 0 amide bonds. The van der Waals surface area contributed by atoms with E-state index in [9.17, 15) is 0 Å². The van der Waals surface area contributed by atoms with Gasteiger partial charge in [-0.05, 0) is 6.42 Å². The number of rotatable bonds is 16. The SMILES string of the molecule is CCCCCCCCCCCCCCCCNc1cn[nH]n1. The molecule has 4 nitrogen and oxygen atoms in total. The van der Waals surface area contributed by atoms with Crippen LogP contribution in [0.15, 0.2) is 6.20 Å². The molecular weight excluding hydrogens is 272 g/mol.